The minimum Gasteiger partial charge on any atom is -0.496 e. The van der Waals surface area contributed by atoms with Gasteiger partial charge >= 0.3 is 5.97 Å². The Kier molecular flexibility index (Phi) is 7.57. The number of esters is 1. The average molecular weight is 535 g/mol. The lowest BCUT2D eigenvalue weighted by Gasteiger charge is -2.28. The molecule has 4 aromatic rings. The molecule has 2 heterocycles. The van der Waals surface area contributed by atoms with Gasteiger partial charge in [0.05, 0.1) is 64.6 Å². The summed E-state index contributed by atoms with van der Waals surface area (Å²) in [7, 11) is 7.63. The number of rotatable bonds is 8. The van der Waals surface area contributed by atoms with Crippen molar-refractivity contribution in [2.24, 2.45) is 0 Å². The predicted octanol–water partition coefficient (Wildman–Crippen LogP) is 5.04. The molecule has 39 heavy (non-hydrogen) atoms. The standard InChI is InChI=1S/C30H34N2O7/c1-15-10-17-11-23(31-21(14-33)24(17)27(38-8)25(15)36-6)30(3,4)28-19-13-22(35-5)16(2)26(37-7)18(19)12-20(32-28)29(34)39-9/h10-13,33H,14H2,1-9H3. The molecule has 2 aromatic carbocycles. The highest BCUT2D eigenvalue weighted by molar-refractivity contribution is 5.99. The Balaban J connectivity index is 2.11. The zero-order chi connectivity index (χ0) is 28.6. The fourth-order valence-electron chi connectivity index (χ4n) is 5.19. The molecule has 2 aromatic heterocycles. The summed E-state index contributed by atoms with van der Waals surface area (Å²) in [5.74, 6) is 1.72. The van der Waals surface area contributed by atoms with E-state index in [1.54, 1.807) is 34.5 Å². The first-order valence-corrected chi connectivity index (χ1v) is 12.4. The Labute approximate surface area is 227 Å². The van der Waals surface area contributed by atoms with Crippen LogP contribution in [0.2, 0.25) is 0 Å². The van der Waals surface area contributed by atoms with E-state index in [1.807, 2.05) is 45.9 Å². The van der Waals surface area contributed by atoms with Crippen molar-refractivity contribution in [3.8, 4) is 23.0 Å². The van der Waals surface area contributed by atoms with Crippen LogP contribution in [-0.4, -0.2) is 56.6 Å². The second kappa shape index (κ2) is 10.6. The number of aryl methyl sites for hydroxylation is 1. The second-order valence-electron chi connectivity index (χ2n) is 9.78. The molecule has 206 valence electrons. The summed E-state index contributed by atoms with van der Waals surface area (Å²) >= 11 is 0. The van der Waals surface area contributed by atoms with E-state index in [4.69, 9.17) is 33.7 Å². The lowest BCUT2D eigenvalue weighted by Crippen LogP contribution is -2.25. The molecule has 0 atom stereocenters. The second-order valence-corrected chi connectivity index (χ2v) is 9.78. The third-order valence-electron chi connectivity index (χ3n) is 7.19. The Morgan fingerprint density at radius 3 is 2.08 bits per heavy atom. The van der Waals surface area contributed by atoms with E-state index >= 15 is 0 Å². The number of hydrogen-bond donors (Lipinski definition) is 1. The van der Waals surface area contributed by atoms with Gasteiger partial charge in [0, 0.05) is 21.8 Å². The summed E-state index contributed by atoms with van der Waals surface area (Å²) in [6, 6.07) is 7.48. The first kappa shape index (κ1) is 27.9. The van der Waals surface area contributed by atoms with Crippen molar-refractivity contribution in [2.45, 2.75) is 39.7 Å². The lowest BCUT2D eigenvalue weighted by molar-refractivity contribution is 0.0594. The number of benzene rings is 2. The van der Waals surface area contributed by atoms with Crippen LogP contribution < -0.4 is 18.9 Å². The summed E-state index contributed by atoms with van der Waals surface area (Å²) in [5, 5.41) is 13.3. The number of nitrogens with zero attached hydrogens (tertiary/aromatic N) is 2. The molecule has 0 unspecified atom stereocenters. The largest absolute Gasteiger partial charge is 0.496 e. The van der Waals surface area contributed by atoms with Gasteiger partial charge in [-0.3, -0.25) is 4.98 Å². The molecule has 0 fully saturated rings. The molecule has 0 bridgehead atoms. The van der Waals surface area contributed by atoms with Gasteiger partial charge in [0.15, 0.2) is 11.5 Å². The number of methoxy groups -OCH3 is 5. The number of fused-ring (bicyclic) bond motifs is 2. The van der Waals surface area contributed by atoms with Crippen LogP contribution in [0.25, 0.3) is 21.5 Å². The number of hydrogen-bond acceptors (Lipinski definition) is 9. The van der Waals surface area contributed by atoms with Crippen molar-refractivity contribution < 1.29 is 33.6 Å². The number of carbonyl (C=O) groups excluding carboxylic acids is 1. The number of aliphatic hydroxyl groups excluding tert-OH is 1. The minimum atomic E-state index is -0.841. The molecule has 0 aliphatic rings. The van der Waals surface area contributed by atoms with E-state index in [0.29, 0.717) is 50.9 Å². The maximum Gasteiger partial charge on any atom is 0.356 e. The summed E-state index contributed by atoms with van der Waals surface area (Å²) in [5.41, 5.74) is 2.62. The third kappa shape index (κ3) is 4.46. The van der Waals surface area contributed by atoms with Crippen LogP contribution in [0.5, 0.6) is 23.0 Å². The Morgan fingerprint density at radius 2 is 1.51 bits per heavy atom. The van der Waals surface area contributed by atoms with Crippen LogP contribution in [0, 0.1) is 13.8 Å². The first-order chi connectivity index (χ1) is 18.6. The van der Waals surface area contributed by atoms with Crippen molar-refractivity contribution in [1.82, 2.24) is 9.97 Å². The number of carbonyl (C=O) groups is 1. The van der Waals surface area contributed by atoms with E-state index < -0.39 is 11.4 Å². The molecule has 4 rings (SSSR count). The molecular formula is C30H34N2O7. The molecular weight excluding hydrogens is 500 g/mol. The monoisotopic (exact) mass is 534 g/mol. The summed E-state index contributed by atoms with van der Waals surface area (Å²) in [4.78, 5) is 22.4. The quantitative estimate of drug-likeness (QED) is 0.311. The molecule has 0 radical (unpaired) electrons. The van der Waals surface area contributed by atoms with Crippen molar-refractivity contribution in [2.75, 3.05) is 35.5 Å². The molecule has 0 amide bonds. The first-order valence-electron chi connectivity index (χ1n) is 12.4. The van der Waals surface area contributed by atoms with Crippen LogP contribution in [0.15, 0.2) is 24.3 Å². The number of ether oxygens (including phenoxy) is 5. The molecule has 0 saturated heterocycles. The van der Waals surface area contributed by atoms with Crippen molar-refractivity contribution in [1.29, 1.82) is 0 Å². The van der Waals surface area contributed by atoms with Gasteiger partial charge in [-0.2, -0.15) is 0 Å². The van der Waals surface area contributed by atoms with E-state index in [2.05, 4.69) is 0 Å². The van der Waals surface area contributed by atoms with Gasteiger partial charge < -0.3 is 28.8 Å². The van der Waals surface area contributed by atoms with Gasteiger partial charge in [-0.15, -0.1) is 0 Å². The van der Waals surface area contributed by atoms with E-state index in [9.17, 15) is 9.90 Å². The van der Waals surface area contributed by atoms with Gasteiger partial charge in [-0.05, 0) is 62.9 Å². The smallest absolute Gasteiger partial charge is 0.356 e. The molecule has 1 N–H and O–H groups in total. The molecule has 0 saturated carbocycles. The third-order valence-corrected chi connectivity index (χ3v) is 7.19. The van der Waals surface area contributed by atoms with E-state index in [1.165, 1.54) is 7.11 Å². The predicted molar refractivity (Wildman–Crippen MR) is 149 cm³/mol. The molecule has 0 aliphatic carbocycles. The van der Waals surface area contributed by atoms with Crippen LogP contribution in [-0.2, 0) is 16.8 Å². The Hall–Kier alpha value is -4.11. The number of pyridine rings is 2. The summed E-state index contributed by atoms with van der Waals surface area (Å²) in [6.07, 6.45) is 0. The SMILES string of the molecule is COC(=O)c1cc2c(OC)c(C)c(OC)cc2c(C(C)(C)c2cc3cc(C)c(OC)c(OC)c3c(CO)n2)n1. The van der Waals surface area contributed by atoms with Crippen LogP contribution in [0.4, 0.5) is 0 Å². The topological polar surface area (TPSA) is 109 Å². The van der Waals surface area contributed by atoms with Crippen LogP contribution >= 0.6 is 0 Å². The number of aromatic nitrogens is 2. The highest BCUT2D eigenvalue weighted by Crippen LogP contribution is 2.45. The van der Waals surface area contributed by atoms with E-state index in [0.717, 1.165) is 21.9 Å². The molecule has 9 heteroatoms. The molecule has 0 spiro atoms. The van der Waals surface area contributed by atoms with Crippen molar-refractivity contribution in [3.05, 3.63) is 58.2 Å². The fraction of sp³-hybridized carbons (Fsp3) is 0.367. The summed E-state index contributed by atoms with van der Waals surface area (Å²) in [6.45, 7) is 7.44. The Morgan fingerprint density at radius 1 is 0.846 bits per heavy atom. The highest BCUT2D eigenvalue weighted by Gasteiger charge is 2.33. The zero-order valence-corrected chi connectivity index (χ0v) is 23.8. The van der Waals surface area contributed by atoms with Gasteiger partial charge in [-0.25, -0.2) is 9.78 Å². The fourth-order valence-corrected chi connectivity index (χ4v) is 5.19. The lowest BCUT2D eigenvalue weighted by atomic mass is 9.81. The van der Waals surface area contributed by atoms with Gasteiger partial charge in [0.1, 0.15) is 17.2 Å². The molecule has 0 aliphatic heterocycles. The van der Waals surface area contributed by atoms with Crippen molar-refractivity contribution in [3.63, 3.8) is 0 Å². The van der Waals surface area contributed by atoms with Crippen LogP contribution in [0.1, 0.15) is 52.5 Å². The van der Waals surface area contributed by atoms with Gasteiger partial charge in [-0.1, -0.05) is 0 Å². The normalized spacial score (nSPS) is 11.5. The van der Waals surface area contributed by atoms with Gasteiger partial charge in [0.25, 0.3) is 0 Å². The minimum absolute atomic E-state index is 0.140. The van der Waals surface area contributed by atoms with Gasteiger partial charge in [0.2, 0.25) is 0 Å². The maximum atomic E-state index is 12.7. The highest BCUT2D eigenvalue weighted by atomic mass is 16.5. The van der Waals surface area contributed by atoms with Crippen molar-refractivity contribution >= 4 is 27.5 Å². The number of aliphatic hydroxyl groups is 1. The average Bonchev–Trinajstić information content (AvgIpc) is 2.94. The van der Waals surface area contributed by atoms with Crippen LogP contribution in [0.3, 0.4) is 0 Å². The van der Waals surface area contributed by atoms with E-state index in [-0.39, 0.29) is 12.3 Å². The summed E-state index contributed by atoms with van der Waals surface area (Å²) < 4.78 is 27.7. The maximum absolute atomic E-state index is 12.7. The Bertz CT molecular complexity index is 1590. The zero-order valence-electron chi connectivity index (χ0n) is 23.8. The molecule has 9 nitrogen and oxygen atoms in total.